The van der Waals surface area contributed by atoms with Crippen LogP contribution in [0.25, 0.3) is 0 Å². The van der Waals surface area contributed by atoms with Crippen LogP contribution in [0.1, 0.15) is 28.7 Å². The van der Waals surface area contributed by atoms with Crippen molar-refractivity contribution >= 4 is 17.3 Å². The summed E-state index contributed by atoms with van der Waals surface area (Å²) in [6.45, 7) is -1.23. The van der Waals surface area contributed by atoms with Crippen molar-refractivity contribution in [1.82, 2.24) is 0 Å². The summed E-state index contributed by atoms with van der Waals surface area (Å²) < 4.78 is 122. The Morgan fingerprint density at radius 3 is 1.88 bits per heavy atom. The molecule has 0 aliphatic carbocycles. The zero-order chi connectivity index (χ0) is 24.1. The Labute approximate surface area is 180 Å². The van der Waals surface area contributed by atoms with Crippen LogP contribution in [-0.4, -0.2) is 19.3 Å². The average molecular weight is 487 g/mol. The van der Waals surface area contributed by atoms with Crippen LogP contribution in [0.4, 0.5) is 45.2 Å². The van der Waals surface area contributed by atoms with E-state index < -0.39 is 53.6 Å². The van der Waals surface area contributed by atoms with E-state index in [0.29, 0.717) is 0 Å². The van der Waals surface area contributed by atoms with Crippen molar-refractivity contribution in [3.63, 3.8) is 0 Å². The zero-order valence-electron chi connectivity index (χ0n) is 15.8. The SMILES string of the molecule is N#Cc1ccc(N2CCC(c3cc(C(F)(F)F)cc(C(F)(F)F)c3)(C(F)(F)F)C2)cc1Cl. The number of nitriles is 1. The molecule has 0 N–H and O–H groups in total. The molecule has 2 aromatic rings. The van der Waals surface area contributed by atoms with Crippen molar-refractivity contribution in [1.29, 1.82) is 5.26 Å². The molecule has 1 unspecified atom stereocenters. The molecule has 1 heterocycles. The van der Waals surface area contributed by atoms with Gasteiger partial charge >= 0.3 is 18.5 Å². The maximum atomic E-state index is 14.2. The van der Waals surface area contributed by atoms with E-state index in [-0.39, 0.29) is 41.0 Å². The highest BCUT2D eigenvalue weighted by Gasteiger charge is 2.60. The van der Waals surface area contributed by atoms with Crippen molar-refractivity contribution < 1.29 is 39.5 Å². The van der Waals surface area contributed by atoms with Gasteiger partial charge in [0.1, 0.15) is 11.5 Å². The number of nitrogens with zero attached hydrogens (tertiary/aromatic N) is 2. The van der Waals surface area contributed by atoms with E-state index in [1.54, 1.807) is 6.07 Å². The van der Waals surface area contributed by atoms with Gasteiger partial charge in [0, 0.05) is 18.8 Å². The first-order chi connectivity index (χ1) is 14.6. The topological polar surface area (TPSA) is 27.0 Å². The smallest absolute Gasteiger partial charge is 0.370 e. The van der Waals surface area contributed by atoms with E-state index in [2.05, 4.69) is 0 Å². The first-order valence-electron chi connectivity index (χ1n) is 8.90. The lowest BCUT2D eigenvalue weighted by Gasteiger charge is -2.33. The van der Waals surface area contributed by atoms with Gasteiger partial charge < -0.3 is 4.90 Å². The van der Waals surface area contributed by atoms with Crippen LogP contribution in [-0.2, 0) is 17.8 Å². The predicted molar refractivity (Wildman–Crippen MR) is 97.2 cm³/mol. The van der Waals surface area contributed by atoms with E-state index in [1.165, 1.54) is 18.2 Å². The summed E-state index contributed by atoms with van der Waals surface area (Å²) in [4.78, 5) is 1.16. The quantitative estimate of drug-likeness (QED) is 0.429. The van der Waals surface area contributed by atoms with Crippen LogP contribution in [0.2, 0.25) is 5.02 Å². The van der Waals surface area contributed by atoms with Gasteiger partial charge in [0.2, 0.25) is 0 Å². The Balaban J connectivity index is 2.14. The fourth-order valence-corrected chi connectivity index (χ4v) is 3.90. The Morgan fingerprint density at radius 2 is 1.44 bits per heavy atom. The summed E-state index contributed by atoms with van der Waals surface area (Å²) in [5, 5.41) is 8.87. The number of rotatable bonds is 2. The van der Waals surface area contributed by atoms with Gasteiger partial charge in [0.15, 0.2) is 0 Å². The van der Waals surface area contributed by atoms with Gasteiger partial charge in [0.05, 0.1) is 21.7 Å². The molecular weight excluding hydrogens is 475 g/mol. The van der Waals surface area contributed by atoms with Gasteiger partial charge in [-0.05, 0) is 48.4 Å². The van der Waals surface area contributed by atoms with Gasteiger partial charge in [-0.1, -0.05) is 11.6 Å². The number of hydrogen-bond donors (Lipinski definition) is 0. The molecular formula is C20H12ClF9N2. The summed E-state index contributed by atoms with van der Waals surface area (Å²) in [5.74, 6) is 0. The second kappa shape index (κ2) is 7.76. The van der Waals surface area contributed by atoms with Crippen molar-refractivity contribution in [3.05, 3.63) is 63.7 Å². The third-order valence-corrected chi connectivity index (χ3v) is 5.70. The van der Waals surface area contributed by atoms with Gasteiger partial charge in [0.25, 0.3) is 0 Å². The van der Waals surface area contributed by atoms with Crippen LogP contribution in [0.5, 0.6) is 0 Å². The maximum absolute atomic E-state index is 14.2. The molecule has 2 nitrogen and oxygen atoms in total. The highest BCUT2D eigenvalue weighted by molar-refractivity contribution is 6.32. The molecule has 1 fully saturated rings. The molecule has 1 saturated heterocycles. The molecule has 2 aromatic carbocycles. The van der Waals surface area contributed by atoms with E-state index in [1.807, 2.05) is 0 Å². The van der Waals surface area contributed by atoms with E-state index in [0.717, 1.165) is 4.90 Å². The first-order valence-corrected chi connectivity index (χ1v) is 9.27. The average Bonchev–Trinajstić information content (AvgIpc) is 3.13. The molecule has 0 spiro atoms. The Morgan fingerprint density at radius 1 is 0.875 bits per heavy atom. The van der Waals surface area contributed by atoms with Gasteiger partial charge in [-0.2, -0.15) is 44.8 Å². The molecule has 3 rings (SSSR count). The monoisotopic (exact) mass is 486 g/mol. The van der Waals surface area contributed by atoms with Crippen LogP contribution in [0.3, 0.4) is 0 Å². The van der Waals surface area contributed by atoms with Crippen LogP contribution >= 0.6 is 11.6 Å². The normalized spacial score (nSPS) is 19.8. The minimum atomic E-state index is -5.28. The van der Waals surface area contributed by atoms with Crippen molar-refractivity contribution in [2.75, 3.05) is 18.0 Å². The number of alkyl halides is 9. The lowest BCUT2D eigenvalue weighted by Crippen LogP contribution is -2.45. The lowest BCUT2D eigenvalue weighted by molar-refractivity contribution is -0.185. The Kier molecular flexibility index (Phi) is 5.83. The number of benzene rings is 2. The molecule has 32 heavy (non-hydrogen) atoms. The van der Waals surface area contributed by atoms with Crippen molar-refractivity contribution in [3.8, 4) is 6.07 Å². The fourth-order valence-electron chi connectivity index (χ4n) is 3.68. The fraction of sp³-hybridized carbons (Fsp3) is 0.350. The third kappa shape index (κ3) is 4.33. The number of hydrogen-bond acceptors (Lipinski definition) is 2. The molecule has 0 aromatic heterocycles. The molecule has 1 aliphatic rings. The lowest BCUT2D eigenvalue weighted by atomic mass is 9.77. The molecule has 0 saturated carbocycles. The molecule has 12 heteroatoms. The minimum Gasteiger partial charge on any atom is -0.370 e. The highest BCUT2D eigenvalue weighted by Crippen LogP contribution is 2.50. The second-order valence-corrected chi connectivity index (χ2v) is 7.73. The summed E-state index contributed by atoms with van der Waals surface area (Å²) >= 11 is 5.91. The maximum Gasteiger partial charge on any atom is 0.416 e. The summed E-state index contributed by atoms with van der Waals surface area (Å²) in [7, 11) is 0. The Hall–Kier alpha value is -2.61. The van der Waals surface area contributed by atoms with Gasteiger partial charge in [-0.3, -0.25) is 0 Å². The second-order valence-electron chi connectivity index (χ2n) is 7.32. The number of halogens is 10. The zero-order valence-corrected chi connectivity index (χ0v) is 16.5. The Bertz CT molecular complexity index is 1030. The molecule has 0 amide bonds. The van der Waals surface area contributed by atoms with Gasteiger partial charge in [-0.25, -0.2) is 0 Å². The first kappa shape index (κ1) is 24.0. The molecule has 0 radical (unpaired) electrons. The molecule has 1 atom stereocenters. The van der Waals surface area contributed by atoms with Crippen LogP contribution < -0.4 is 4.90 Å². The van der Waals surface area contributed by atoms with Crippen molar-refractivity contribution in [2.24, 2.45) is 0 Å². The standard InChI is InChI=1S/C20H12ClF9N2/c21-16-8-15(2-1-11(16)9-31)32-4-3-17(10-32,20(28,29)30)12-5-13(18(22,23)24)7-14(6-12)19(25,26)27/h1-2,5-8H,3-4,10H2. The van der Waals surface area contributed by atoms with Crippen molar-refractivity contribution in [2.45, 2.75) is 30.4 Å². The number of anilines is 1. The molecule has 172 valence electrons. The van der Waals surface area contributed by atoms with Crippen LogP contribution in [0, 0.1) is 11.3 Å². The van der Waals surface area contributed by atoms with E-state index >= 15 is 0 Å². The summed E-state index contributed by atoms with van der Waals surface area (Å²) in [6, 6.07) is 5.61. The van der Waals surface area contributed by atoms with E-state index in [9.17, 15) is 39.5 Å². The predicted octanol–water partition coefficient (Wildman–Crippen LogP) is 6.96. The summed E-state index contributed by atoms with van der Waals surface area (Å²) in [6.07, 6.45) is -16.5. The largest absolute Gasteiger partial charge is 0.416 e. The summed E-state index contributed by atoms with van der Waals surface area (Å²) in [5.41, 5.74) is -7.51. The van der Waals surface area contributed by atoms with Crippen LogP contribution in [0.15, 0.2) is 36.4 Å². The highest BCUT2D eigenvalue weighted by atomic mass is 35.5. The third-order valence-electron chi connectivity index (χ3n) is 5.39. The van der Waals surface area contributed by atoms with E-state index in [4.69, 9.17) is 16.9 Å². The molecule has 1 aliphatic heterocycles. The van der Waals surface area contributed by atoms with Gasteiger partial charge in [-0.15, -0.1) is 0 Å². The minimum absolute atomic E-state index is 0.0482. The molecule has 0 bridgehead atoms.